The van der Waals surface area contributed by atoms with E-state index < -0.39 is 0 Å². The van der Waals surface area contributed by atoms with E-state index in [1.54, 1.807) is 12.4 Å². The van der Waals surface area contributed by atoms with Gasteiger partial charge in [0.1, 0.15) is 5.82 Å². The average Bonchev–Trinajstić information content (AvgIpc) is 2.48. The highest BCUT2D eigenvalue weighted by molar-refractivity contribution is 5.59. The van der Waals surface area contributed by atoms with Gasteiger partial charge in [-0.15, -0.1) is 0 Å². The highest BCUT2D eigenvalue weighted by Gasteiger charge is 2.03. The van der Waals surface area contributed by atoms with Gasteiger partial charge in [-0.3, -0.25) is 4.98 Å². The first-order chi connectivity index (χ1) is 10.3. The fourth-order valence-corrected chi connectivity index (χ4v) is 1.92. The molecule has 2 aromatic heterocycles. The average molecular weight is 277 g/mol. The minimum absolute atomic E-state index is 0.555. The van der Waals surface area contributed by atoms with Crippen LogP contribution in [0.1, 0.15) is 5.69 Å². The lowest BCUT2D eigenvalue weighted by atomic mass is 10.3. The molecule has 0 amide bonds. The number of hydrogen-bond donors (Lipinski definition) is 2. The Morgan fingerprint density at radius 1 is 0.810 bits per heavy atom. The highest BCUT2D eigenvalue weighted by Crippen LogP contribution is 2.18. The molecule has 21 heavy (non-hydrogen) atoms. The van der Waals surface area contributed by atoms with Crippen LogP contribution < -0.4 is 10.6 Å². The molecule has 0 aliphatic heterocycles. The van der Waals surface area contributed by atoms with E-state index in [-0.39, 0.29) is 0 Å². The largest absolute Gasteiger partial charge is 0.340 e. The number of aryl methyl sites for hydroxylation is 1. The predicted molar refractivity (Wildman–Crippen MR) is 84.0 cm³/mol. The van der Waals surface area contributed by atoms with E-state index in [0.717, 1.165) is 22.9 Å². The van der Waals surface area contributed by atoms with E-state index in [4.69, 9.17) is 0 Å². The fraction of sp³-hybridized carbons (Fsp3) is 0.0625. The number of aromatic nitrogens is 3. The molecule has 1 aromatic carbocycles. The van der Waals surface area contributed by atoms with Gasteiger partial charge >= 0.3 is 0 Å². The fourth-order valence-electron chi connectivity index (χ4n) is 1.92. The Kier molecular flexibility index (Phi) is 3.73. The molecular weight excluding hydrogens is 262 g/mol. The van der Waals surface area contributed by atoms with Crippen LogP contribution in [-0.4, -0.2) is 15.0 Å². The number of nitrogens with one attached hydrogen (secondary N) is 2. The van der Waals surface area contributed by atoms with Crippen LogP contribution in [0.25, 0.3) is 0 Å². The summed E-state index contributed by atoms with van der Waals surface area (Å²) in [5.74, 6) is 1.31. The van der Waals surface area contributed by atoms with Crippen LogP contribution in [0, 0.1) is 6.92 Å². The van der Waals surface area contributed by atoms with Crippen LogP contribution in [0.4, 0.5) is 23.1 Å². The smallest absolute Gasteiger partial charge is 0.229 e. The van der Waals surface area contributed by atoms with E-state index in [1.807, 2.05) is 55.5 Å². The molecule has 0 unspecified atom stereocenters. The van der Waals surface area contributed by atoms with Crippen LogP contribution in [0.15, 0.2) is 60.9 Å². The first-order valence-corrected chi connectivity index (χ1v) is 6.64. The van der Waals surface area contributed by atoms with Crippen LogP contribution >= 0.6 is 0 Å². The van der Waals surface area contributed by atoms with Crippen LogP contribution in [-0.2, 0) is 0 Å². The van der Waals surface area contributed by atoms with Gasteiger partial charge in [-0.05, 0) is 31.2 Å². The Hall–Kier alpha value is -2.95. The van der Waals surface area contributed by atoms with Crippen LogP contribution in [0.3, 0.4) is 0 Å². The molecule has 0 aliphatic carbocycles. The zero-order valence-corrected chi connectivity index (χ0v) is 11.6. The van der Waals surface area contributed by atoms with Crippen molar-refractivity contribution >= 4 is 23.1 Å². The molecule has 0 radical (unpaired) electrons. The lowest BCUT2D eigenvalue weighted by Gasteiger charge is -2.09. The molecule has 0 fully saturated rings. The molecule has 0 saturated carbocycles. The van der Waals surface area contributed by atoms with Crippen molar-refractivity contribution in [3.8, 4) is 0 Å². The van der Waals surface area contributed by atoms with Crippen LogP contribution in [0.5, 0.6) is 0 Å². The first-order valence-electron chi connectivity index (χ1n) is 6.64. The topological polar surface area (TPSA) is 62.7 Å². The van der Waals surface area contributed by atoms with E-state index in [9.17, 15) is 0 Å². The van der Waals surface area contributed by atoms with Crippen molar-refractivity contribution in [3.63, 3.8) is 0 Å². The Morgan fingerprint density at radius 2 is 1.52 bits per heavy atom. The van der Waals surface area contributed by atoms with Gasteiger partial charge in [-0.2, -0.15) is 4.98 Å². The zero-order valence-electron chi connectivity index (χ0n) is 11.6. The molecule has 0 saturated heterocycles. The minimum Gasteiger partial charge on any atom is -0.340 e. The molecule has 5 nitrogen and oxygen atoms in total. The van der Waals surface area contributed by atoms with Gasteiger partial charge in [-0.1, -0.05) is 18.2 Å². The number of anilines is 4. The second kappa shape index (κ2) is 6.00. The van der Waals surface area contributed by atoms with Crippen molar-refractivity contribution in [2.45, 2.75) is 6.92 Å². The Labute approximate surface area is 123 Å². The van der Waals surface area contributed by atoms with E-state index in [0.29, 0.717) is 5.95 Å². The molecular formula is C16H15N5. The second-order valence-corrected chi connectivity index (χ2v) is 4.57. The molecule has 2 N–H and O–H groups in total. The summed E-state index contributed by atoms with van der Waals surface area (Å²) in [5.41, 5.74) is 2.78. The van der Waals surface area contributed by atoms with Gasteiger partial charge in [0, 0.05) is 35.5 Å². The van der Waals surface area contributed by atoms with Crippen molar-refractivity contribution in [1.29, 1.82) is 0 Å². The third-order valence-electron chi connectivity index (χ3n) is 2.84. The second-order valence-electron chi connectivity index (χ2n) is 4.57. The van der Waals surface area contributed by atoms with Crippen molar-refractivity contribution in [2.75, 3.05) is 10.6 Å². The van der Waals surface area contributed by atoms with Crippen molar-refractivity contribution in [3.05, 3.63) is 66.6 Å². The number of nitrogens with zero attached hydrogens (tertiary/aromatic N) is 3. The predicted octanol–water partition coefficient (Wildman–Crippen LogP) is 3.67. The Morgan fingerprint density at radius 3 is 2.29 bits per heavy atom. The summed E-state index contributed by atoms with van der Waals surface area (Å²) < 4.78 is 0. The summed E-state index contributed by atoms with van der Waals surface area (Å²) in [6.07, 6.45) is 3.45. The molecule has 2 heterocycles. The normalized spacial score (nSPS) is 10.1. The van der Waals surface area contributed by atoms with Gasteiger partial charge in [0.15, 0.2) is 0 Å². The van der Waals surface area contributed by atoms with Crippen molar-refractivity contribution in [1.82, 2.24) is 15.0 Å². The summed E-state index contributed by atoms with van der Waals surface area (Å²) >= 11 is 0. The molecule has 0 aliphatic rings. The lowest BCUT2D eigenvalue weighted by Crippen LogP contribution is -2.02. The summed E-state index contributed by atoms with van der Waals surface area (Å²) in [6, 6.07) is 15.6. The van der Waals surface area contributed by atoms with Gasteiger partial charge in [0.2, 0.25) is 5.95 Å². The highest BCUT2D eigenvalue weighted by atomic mass is 15.1. The van der Waals surface area contributed by atoms with Gasteiger partial charge in [-0.25, -0.2) is 4.98 Å². The quantitative estimate of drug-likeness (QED) is 0.762. The van der Waals surface area contributed by atoms with Crippen LogP contribution in [0.2, 0.25) is 0 Å². The molecule has 3 aromatic rings. The minimum atomic E-state index is 0.555. The van der Waals surface area contributed by atoms with E-state index >= 15 is 0 Å². The van der Waals surface area contributed by atoms with Crippen molar-refractivity contribution < 1.29 is 0 Å². The maximum atomic E-state index is 4.47. The summed E-state index contributed by atoms with van der Waals surface area (Å²) in [6.45, 7) is 1.94. The zero-order chi connectivity index (χ0) is 14.5. The first kappa shape index (κ1) is 13.1. The number of hydrogen-bond acceptors (Lipinski definition) is 5. The number of pyridine rings is 1. The van der Waals surface area contributed by atoms with Gasteiger partial charge in [0.25, 0.3) is 0 Å². The third-order valence-corrected chi connectivity index (χ3v) is 2.84. The third kappa shape index (κ3) is 3.54. The van der Waals surface area contributed by atoms with E-state index in [1.165, 1.54) is 0 Å². The number of benzene rings is 1. The molecule has 5 heteroatoms. The molecule has 104 valence electrons. The van der Waals surface area contributed by atoms with Crippen molar-refractivity contribution in [2.24, 2.45) is 0 Å². The maximum Gasteiger partial charge on any atom is 0.229 e. The Balaban J connectivity index is 1.83. The summed E-state index contributed by atoms with van der Waals surface area (Å²) in [7, 11) is 0. The Bertz CT molecular complexity index is 653. The standard InChI is InChI=1S/C16H15N5/c1-12-11-15(19-13-5-3-2-4-6-13)21-16(18-12)20-14-7-9-17-10-8-14/h2-11H,1H3,(H2,17,18,19,20,21). The van der Waals surface area contributed by atoms with Gasteiger partial charge in [0.05, 0.1) is 0 Å². The monoisotopic (exact) mass is 277 g/mol. The molecule has 0 atom stereocenters. The van der Waals surface area contributed by atoms with E-state index in [2.05, 4.69) is 25.6 Å². The number of para-hydroxylation sites is 1. The number of rotatable bonds is 4. The summed E-state index contributed by atoms with van der Waals surface area (Å²) in [4.78, 5) is 12.8. The molecule has 0 spiro atoms. The lowest BCUT2D eigenvalue weighted by molar-refractivity contribution is 1.11. The SMILES string of the molecule is Cc1cc(Nc2ccccc2)nc(Nc2ccncc2)n1. The maximum absolute atomic E-state index is 4.47. The molecule has 0 bridgehead atoms. The summed E-state index contributed by atoms with van der Waals surface area (Å²) in [5, 5.41) is 6.44. The molecule has 3 rings (SSSR count). The van der Waals surface area contributed by atoms with Gasteiger partial charge < -0.3 is 10.6 Å².